The molecule has 2 saturated carbocycles. The van der Waals surface area contributed by atoms with Gasteiger partial charge in [0.15, 0.2) is 11.5 Å². The molecule has 0 aromatic heterocycles. The zero-order chi connectivity index (χ0) is 23.9. The number of fused-ring (bicyclic) bond motifs is 3. The van der Waals surface area contributed by atoms with Gasteiger partial charge in [-0.15, -0.1) is 0 Å². The van der Waals surface area contributed by atoms with Crippen LogP contribution in [0.25, 0.3) is 0 Å². The minimum atomic E-state index is -0.133. The van der Waals surface area contributed by atoms with E-state index in [4.69, 9.17) is 18.9 Å². The first-order valence-electron chi connectivity index (χ1n) is 12.8. The predicted octanol–water partition coefficient (Wildman–Crippen LogP) is 3.42. The van der Waals surface area contributed by atoms with Crippen molar-refractivity contribution in [3.8, 4) is 11.5 Å². The van der Waals surface area contributed by atoms with Crippen molar-refractivity contribution in [3.63, 3.8) is 0 Å². The Bertz CT molecular complexity index is 901. The molecule has 2 heterocycles. The Morgan fingerprint density at radius 1 is 1.21 bits per heavy atom. The second-order valence-electron chi connectivity index (χ2n) is 11.1. The number of benzene rings is 1. The molecule has 4 fully saturated rings. The number of aliphatic hydroxyl groups is 1. The summed E-state index contributed by atoms with van der Waals surface area (Å²) in [4.78, 5) is 15.4. The smallest absolute Gasteiger partial charge is 0.310 e. The third kappa shape index (κ3) is 4.31. The molecule has 188 valence electrons. The van der Waals surface area contributed by atoms with Crippen molar-refractivity contribution in [1.82, 2.24) is 4.90 Å². The highest BCUT2D eigenvalue weighted by atomic mass is 16.6. The third-order valence-electron chi connectivity index (χ3n) is 9.02. The second-order valence-corrected chi connectivity index (χ2v) is 11.1. The molecular formula is C27H39NO6. The van der Waals surface area contributed by atoms with Gasteiger partial charge in [-0.05, 0) is 67.6 Å². The maximum absolute atomic E-state index is 13.1. The van der Waals surface area contributed by atoms with Gasteiger partial charge in [0.25, 0.3) is 0 Å². The third-order valence-corrected chi connectivity index (χ3v) is 9.02. The minimum Gasteiger partial charge on any atom is -0.493 e. The molecule has 7 nitrogen and oxygen atoms in total. The summed E-state index contributed by atoms with van der Waals surface area (Å²) < 4.78 is 22.9. The summed E-state index contributed by atoms with van der Waals surface area (Å²) in [6.07, 6.45) is 6.24. The lowest BCUT2D eigenvalue weighted by atomic mass is 9.53. The second kappa shape index (κ2) is 9.32. The summed E-state index contributed by atoms with van der Waals surface area (Å²) in [7, 11) is 3.27. The molecule has 2 aliphatic carbocycles. The van der Waals surface area contributed by atoms with Crippen LogP contribution >= 0.6 is 0 Å². The Kier molecular flexibility index (Phi) is 6.55. The first-order chi connectivity index (χ1) is 16.4. The number of epoxide rings is 1. The molecule has 4 aliphatic rings. The summed E-state index contributed by atoms with van der Waals surface area (Å²) >= 11 is 0. The van der Waals surface area contributed by atoms with E-state index in [0.29, 0.717) is 36.9 Å². The lowest BCUT2D eigenvalue weighted by molar-refractivity contribution is -0.147. The van der Waals surface area contributed by atoms with E-state index in [1.165, 1.54) is 12.8 Å². The highest BCUT2D eigenvalue weighted by Gasteiger charge is 2.65. The Hall–Kier alpha value is -1.83. The van der Waals surface area contributed by atoms with Crippen LogP contribution in [0.4, 0.5) is 0 Å². The zero-order valence-electron chi connectivity index (χ0n) is 20.8. The largest absolute Gasteiger partial charge is 0.493 e. The molecule has 5 rings (SSSR count). The van der Waals surface area contributed by atoms with E-state index < -0.39 is 0 Å². The summed E-state index contributed by atoms with van der Waals surface area (Å²) in [5, 5.41) is 9.49. The number of hydrogen-bond donors (Lipinski definition) is 1. The van der Waals surface area contributed by atoms with E-state index in [2.05, 4.69) is 11.8 Å². The lowest BCUT2D eigenvalue weighted by Crippen LogP contribution is -2.51. The van der Waals surface area contributed by atoms with Gasteiger partial charge in [0, 0.05) is 32.2 Å². The maximum Gasteiger partial charge on any atom is 0.310 e. The molecule has 0 amide bonds. The number of aliphatic hydroxyl groups excluding tert-OH is 1. The maximum atomic E-state index is 13.1. The number of methoxy groups -OCH3 is 2. The number of carbonyl (C=O) groups excluding carboxylic acids is 1. The number of hydrogen-bond acceptors (Lipinski definition) is 7. The topological polar surface area (TPSA) is 80.8 Å². The van der Waals surface area contributed by atoms with Crippen molar-refractivity contribution in [2.75, 3.05) is 40.5 Å². The number of carbonyl (C=O) groups is 1. The average molecular weight is 474 g/mol. The fourth-order valence-electron chi connectivity index (χ4n) is 7.21. The highest BCUT2D eigenvalue weighted by molar-refractivity contribution is 5.75. The van der Waals surface area contributed by atoms with Crippen LogP contribution in [0, 0.1) is 23.2 Å². The van der Waals surface area contributed by atoms with E-state index in [9.17, 15) is 9.90 Å². The molecule has 1 N–H and O–H groups in total. The first-order valence-corrected chi connectivity index (χ1v) is 12.8. The molecule has 7 heteroatoms. The Balaban J connectivity index is 1.33. The van der Waals surface area contributed by atoms with Crippen molar-refractivity contribution in [3.05, 3.63) is 23.8 Å². The Morgan fingerprint density at radius 3 is 2.71 bits per heavy atom. The highest BCUT2D eigenvalue weighted by Crippen LogP contribution is 2.62. The standard InChI is InChI=1S/C27H39NO6/c1-26-8-4-9-27(17-33-27)24(26)13-19-20(25(30)34-23(19)14-26)16-28(10-5-11-29)15-18-6-7-21(31-2)22(12-18)32-3/h6-7,12,19-20,23-24,29H,4-5,8-11,13-17H2,1-3H3/t19-,20+,23+,24+,26+,27-/m0/s1. The van der Waals surface area contributed by atoms with Gasteiger partial charge in [-0.3, -0.25) is 9.69 Å². The average Bonchev–Trinajstić information content (AvgIpc) is 3.53. The van der Waals surface area contributed by atoms with E-state index in [1.54, 1.807) is 14.2 Å². The van der Waals surface area contributed by atoms with Gasteiger partial charge in [0.05, 0.1) is 32.3 Å². The molecule has 1 aromatic carbocycles. The molecule has 0 radical (unpaired) electrons. The molecule has 2 saturated heterocycles. The van der Waals surface area contributed by atoms with Crippen LogP contribution in [-0.2, 0) is 20.8 Å². The lowest BCUT2D eigenvalue weighted by Gasteiger charge is -2.51. The van der Waals surface area contributed by atoms with Crippen molar-refractivity contribution in [1.29, 1.82) is 0 Å². The Labute approximate surface area is 202 Å². The fourth-order valence-corrected chi connectivity index (χ4v) is 7.21. The van der Waals surface area contributed by atoms with Gasteiger partial charge in [-0.25, -0.2) is 0 Å². The molecule has 6 atom stereocenters. The van der Waals surface area contributed by atoms with Crippen molar-refractivity contribution in [2.45, 2.75) is 63.7 Å². The van der Waals surface area contributed by atoms with Gasteiger partial charge >= 0.3 is 5.97 Å². The summed E-state index contributed by atoms with van der Waals surface area (Å²) in [6, 6.07) is 5.94. The van der Waals surface area contributed by atoms with Crippen LogP contribution in [0.2, 0.25) is 0 Å². The zero-order valence-corrected chi connectivity index (χ0v) is 20.8. The van der Waals surface area contributed by atoms with Gasteiger partial charge in [-0.2, -0.15) is 0 Å². The van der Waals surface area contributed by atoms with Crippen LogP contribution < -0.4 is 9.47 Å². The molecule has 1 aromatic rings. The molecule has 34 heavy (non-hydrogen) atoms. The van der Waals surface area contributed by atoms with Crippen molar-refractivity contribution in [2.24, 2.45) is 23.2 Å². The van der Waals surface area contributed by atoms with Crippen molar-refractivity contribution >= 4 is 5.97 Å². The van der Waals surface area contributed by atoms with Gasteiger partial charge in [-0.1, -0.05) is 13.0 Å². The minimum absolute atomic E-state index is 0.0217. The Morgan fingerprint density at radius 2 is 2.00 bits per heavy atom. The van der Waals surface area contributed by atoms with Crippen LogP contribution in [0.5, 0.6) is 11.5 Å². The molecule has 0 bridgehead atoms. The normalized spacial score (nSPS) is 36.2. The summed E-state index contributed by atoms with van der Waals surface area (Å²) in [5.41, 5.74) is 1.36. The van der Waals surface area contributed by atoms with Gasteiger partial charge in [0.2, 0.25) is 0 Å². The number of ether oxygens (including phenoxy) is 4. The summed E-state index contributed by atoms with van der Waals surface area (Å²) in [6.45, 7) is 5.44. The number of nitrogens with zero attached hydrogens (tertiary/aromatic N) is 1. The predicted molar refractivity (Wildman–Crippen MR) is 127 cm³/mol. The molecule has 0 unspecified atom stereocenters. The SMILES string of the molecule is COc1ccc(CN(CCCO)C[C@H]2C(=O)O[C@@H]3C[C@@]4(C)CCC[C@]5(CO5)[C@@H]4C[C@H]32)cc1OC. The quantitative estimate of drug-likeness (QED) is 0.435. The van der Waals surface area contributed by atoms with E-state index in [1.807, 2.05) is 18.2 Å². The number of esters is 1. The summed E-state index contributed by atoms with van der Waals surface area (Å²) in [5.74, 6) is 1.97. The monoisotopic (exact) mass is 473 g/mol. The van der Waals surface area contributed by atoms with Crippen LogP contribution in [0.3, 0.4) is 0 Å². The van der Waals surface area contributed by atoms with Crippen LogP contribution in [0.15, 0.2) is 18.2 Å². The van der Waals surface area contributed by atoms with Crippen LogP contribution in [-0.4, -0.2) is 68.2 Å². The van der Waals surface area contributed by atoms with E-state index in [-0.39, 0.29) is 41.5 Å². The van der Waals surface area contributed by atoms with E-state index >= 15 is 0 Å². The van der Waals surface area contributed by atoms with Crippen molar-refractivity contribution < 1.29 is 28.8 Å². The van der Waals surface area contributed by atoms with E-state index in [0.717, 1.165) is 38.0 Å². The molecular weight excluding hydrogens is 434 g/mol. The van der Waals surface area contributed by atoms with Gasteiger partial charge in [0.1, 0.15) is 6.10 Å². The molecule has 1 spiro atoms. The first kappa shape index (κ1) is 23.9. The number of rotatable bonds is 9. The molecule has 2 aliphatic heterocycles. The fraction of sp³-hybridized carbons (Fsp3) is 0.741. The van der Waals surface area contributed by atoms with Gasteiger partial charge < -0.3 is 24.1 Å². The van der Waals surface area contributed by atoms with Crippen LogP contribution in [0.1, 0.15) is 51.0 Å².